The Balaban J connectivity index is 2.34. The van der Waals surface area contributed by atoms with Gasteiger partial charge in [-0.1, -0.05) is 0 Å². The molecule has 0 bridgehead atoms. The van der Waals surface area contributed by atoms with Crippen molar-refractivity contribution < 1.29 is 14.7 Å². The topological polar surface area (TPSA) is 62.5 Å². The zero-order chi connectivity index (χ0) is 11.0. The van der Waals surface area contributed by atoms with Crippen LogP contribution in [0.25, 0.3) is 0 Å². The number of amides is 1. The number of carbonyl (C=O) groups is 2. The summed E-state index contributed by atoms with van der Waals surface area (Å²) in [5.41, 5.74) is 1.00. The van der Waals surface area contributed by atoms with Crippen LogP contribution in [0.3, 0.4) is 0 Å². The quantitative estimate of drug-likeness (QED) is 0.733. The minimum atomic E-state index is -0.936. The molecule has 0 saturated heterocycles. The van der Waals surface area contributed by atoms with Crippen LogP contribution in [0.5, 0.6) is 0 Å². The average Bonchev–Trinajstić information content (AvgIpc) is 2.59. The number of aromatic carboxylic acids is 1. The predicted molar refractivity (Wildman–Crippen MR) is 52.5 cm³/mol. The monoisotopic (exact) mass is 208 g/mol. The van der Waals surface area contributed by atoms with Crippen molar-refractivity contribution in [2.45, 2.75) is 20.0 Å². The second-order valence-electron chi connectivity index (χ2n) is 3.62. The summed E-state index contributed by atoms with van der Waals surface area (Å²) >= 11 is 0. The molecule has 1 aliphatic heterocycles. The molecule has 1 aromatic heterocycles. The van der Waals surface area contributed by atoms with E-state index < -0.39 is 5.97 Å². The number of aromatic nitrogens is 1. The third-order valence-corrected chi connectivity index (χ3v) is 2.71. The van der Waals surface area contributed by atoms with E-state index in [1.807, 2.05) is 4.57 Å². The summed E-state index contributed by atoms with van der Waals surface area (Å²) < 4.78 is 1.89. The van der Waals surface area contributed by atoms with Gasteiger partial charge in [0.15, 0.2) is 0 Å². The van der Waals surface area contributed by atoms with E-state index in [1.54, 1.807) is 17.2 Å². The van der Waals surface area contributed by atoms with Crippen LogP contribution in [-0.2, 0) is 17.9 Å². The smallest absolute Gasteiger partial charge is 0.337 e. The van der Waals surface area contributed by atoms with E-state index in [0.717, 1.165) is 0 Å². The van der Waals surface area contributed by atoms with Gasteiger partial charge in [0.2, 0.25) is 5.91 Å². The molecule has 15 heavy (non-hydrogen) atoms. The van der Waals surface area contributed by atoms with Gasteiger partial charge in [-0.2, -0.15) is 0 Å². The van der Waals surface area contributed by atoms with Crippen molar-refractivity contribution in [3.8, 4) is 0 Å². The van der Waals surface area contributed by atoms with E-state index in [-0.39, 0.29) is 5.91 Å². The molecular weight excluding hydrogens is 196 g/mol. The summed E-state index contributed by atoms with van der Waals surface area (Å²) in [4.78, 5) is 23.7. The fourth-order valence-electron chi connectivity index (χ4n) is 1.84. The molecule has 5 nitrogen and oxygen atoms in total. The number of carboxylic acid groups (broad SMARTS) is 1. The van der Waals surface area contributed by atoms with E-state index in [2.05, 4.69) is 0 Å². The third kappa shape index (κ3) is 1.60. The zero-order valence-electron chi connectivity index (χ0n) is 8.43. The molecule has 0 atom stereocenters. The standard InChI is InChI=1S/C10H12N2O3/c1-7(13)12-5-4-11-3-2-8(10(14)15)9(11)6-12/h2-3H,4-6H2,1H3,(H,14,15). The Kier molecular flexibility index (Phi) is 2.22. The second-order valence-corrected chi connectivity index (χ2v) is 3.62. The molecule has 0 aromatic carbocycles. The Bertz CT molecular complexity index is 422. The normalized spacial score (nSPS) is 14.9. The van der Waals surface area contributed by atoms with Gasteiger partial charge < -0.3 is 14.6 Å². The first-order chi connectivity index (χ1) is 7.09. The highest BCUT2D eigenvalue weighted by atomic mass is 16.4. The van der Waals surface area contributed by atoms with E-state index in [1.165, 1.54) is 6.92 Å². The Hall–Kier alpha value is -1.78. The molecular formula is C10H12N2O3. The van der Waals surface area contributed by atoms with E-state index in [4.69, 9.17) is 5.11 Å². The summed E-state index contributed by atoms with van der Waals surface area (Å²) in [5.74, 6) is -0.951. The summed E-state index contributed by atoms with van der Waals surface area (Å²) in [6.07, 6.45) is 1.76. The maximum Gasteiger partial charge on any atom is 0.337 e. The Labute approximate surface area is 86.9 Å². The van der Waals surface area contributed by atoms with Crippen molar-refractivity contribution in [2.24, 2.45) is 0 Å². The first-order valence-corrected chi connectivity index (χ1v) is 4.76. The van der Waals surface area contributed by atoms with Crippen molar-refractivity contribution in [1.82, 2.24) is 9.47 Å². The molecule has 0 aliphatic carbocycles. The van der Waals surface area contributed by atoms with Gasteiger partial charge in [0.1, 0.15) is 0 Å². The van der Waals surface area contributed by atoms with Crippen LogP contribution in [0.15, 0.2) is 12.3 Å². The van der Waals surface area contributed by atoms with Gasteiger partial charge in [0.25, 0.3) is 0 Å². The van der Waals surface area contributed by atoms with Crippen LogP contribution < -0.4 is 0 Å². The van der Waals surface area contributed by atoms with Crippen LogP contribution in [0.2, 0.25) is 0 Å². The minimum absolute atomic E-state index is 0.0150. The number of hydrogen-bond donors (Lipinski definition) is 1. The first-order valence-electron chi connectivity index (χ1n) is 4.76. The van der Waals surface area contributed by atoms with Crippen molar-refractivity contribution >= 4 is 11.9 Å². The maximum atomic E-state index is 11.2. The highest BCUT2D eigenvalue weighted by Gasteiger charge is 2.23. The molecule has 1 amide bonds. The average molecular weight is 208 g/mol. The summed E-state index contributed by atoms with van der Waals surface area (Å²) in [7, 11) is 0. The van der Waals surface area contributed by atoms with Gasteiger partial charge in [-0.05, 0) is 6.07 Å². The van der Waals surface area contributed by atoms with E-state index in [9.17, 15) is 9.59 Å². The molecule has 80 valence electrons. The van der Waals surface area contributed by atoms with Crippen LogP contribution in [0.4, 0.5) is 0 Å². The molecule has 2 heterocycles. The maximum absolute atomic E-state index is 11.2. The molecule has 0 radical (unpaired) electrons. The van der Waals surface area contributed by atoms with Crippen LogP contribution >= 0.6 is 0 Å². The lowest BCUT2D eigenvalue weighted by Gasteiger charge is -2.28. The Morgan fingerprint density at radius 2 is 2.13 bits per heavy atom. The number of hydrogen-bond acceptors (Lipinski definition) is 2. The van der Waals surface area contributed by atoms with Gasteiger partial charge in [-0.3, -0.25) is 4.79 Å². The molecule has 0 spiro atoms. The number of carbonyl (C=O) groups excluding carboxylic acids is 1. The van der Waals surface area contributed by atoms with Crippen LogP contribution in [0.1, 0.15) is 23.0 Å². The van der Waals surface area contributed by atoms with Crippen molar-refractivity contribution in [3.63, 3.8) is 0 Å². The fraction of sp³-hybridized carbons (Fsp3) is 0.400. The first kappa shape index (κ1) is 9.76. The number of rotatable bonds is 1. The van der Waals surface area contributed by atoms with Crippen molar-refractivity contribution in [3.05, 3.63) is 23.5 Å². The van der Waals surface area contributed by atoms with Crippen LogP contribution in [0, 0.1) is 0 Å². The van der Waals surface area contributed by atoms with Crippen molar-refractivity contribution in [2.75, 3.05) is 6.54 Å². The lowest BCUT2D eigenvalue weighted by Crippen LogP contribution is -2.37. The number of fused-ring (bicyclic) bond motifs is 1. The molecule has 0 fully saturated rings. The lowest BCUT2D eigenvalue weighted by atomic mass is 10.2. The lowest BCUT2D eigenvalue weighted by molar-refractivity contribution is -0.130. The molecule has 2 rings (SSSR count). The molecule has 0 unspecified atom stereocenters. The minimum Gasteiger partial charge on any atom is -0.478 e. The Morgan fingerprint density at radius 3 is 2.73 bits per heavy atom. The molecule has 5 heteroatoms. The highest BCUT2D eigenvalue weighted by Crippen LogP contribution is 2.18. The third-order valence-electron chi connectivity index (χ3n) is 2.71. The largest absolute Gasteiger partial charge is 0.478 e. The Morgan fingerprint density at radius 1 is 1.40 bits per heavy atom. The molecule has 1 N–H and O–H groups in total. The molecule has 1 aromatic rings. The predicted octanol–water partition coefficient (Wildman–Crippen LogP) is 0.548. The van der Waals surface area contributed by atoms with Gasteiger partial charge in [0.05, 0.1) is 17.8 Å². The second kappa shape index (κ2) is 3.42. The summed E-state index contributed by atoms with van der Waals surface area (Å²) in [6.45, 7) is 3.21. The van der Waals surface area contributed by atoms with Gasteiger partial charge in [0, 0.05) is 26.2 Å². The van der Waals surface area contributed by atoms with E-state index in [0.29, 0.717) is 30.9 Å². The van der Waals surface area contributed by atoms with E-state index >= 15 is 0 Å². The summed E-state index contributed by atoms with van der Waals surface area (Å²) in [6, 6.07) is 1.58. The number of nitrogens with zero attached hydrogens (tertiary/aromatic N) is 2. The molecule has 0 saturated carbocycles. The van der Waals surface area contributed by atoms with Crippen LogP contribution in [-0.4, -0.2) is 33.0 Å². The van der Waals surface area contributed by atoms with Crippen molar-refractivity contribution in [1.29, 1.82) is 0 Å². The number of carboxylic acids is 1. The fourth-order valence-corrected chi connectivity index (χ4v) is 1.84. The SMILES string of the molecule is CC(=O)N1CCn2ccc(C(=O)O)c2C1. The molecule has 1 aliphatic rings. The summed E-state index contributed by atoms with van der Waals surface area (Å²) in [5, 5.41) is 8.94. The van der Waals surface area contributed by atoms with Gasteiger partial charge in [-0.25, -0.2) is 4.79 Å². The van der Waals surface area contributed by atoms with Gasteiger partial charge >= 0.3 is 5.97 Å². The van der Waals surface area contributed by atoms with Gasteiger partial charge in [-0.15, -0.1) is 0 Å². The zero-order valence-corrected chi connectivity index (χ0v) is 8.43. The highest BCUT2D eigenvalue weighted by molar-refractivity contribution is 5.89.